The topological polar surface area (TPSA) is 194 Å². The third-order valence-electron chi connectivity index (χ3n) is 0.213. The van der Waals surface area contributed by atoms with E-state index in [1.165, 1.54) is 0 Å². The van der Waals surface area contributed by atoms with Gasteiger partial charge in [0.05, 0.1) is 0 Å². The third kappa shape index (κ3) is 22.5. The van der Waals surface area contributed by atoms with E-state index < -0.39 is 15.6 Å². The van der Waals surface area contributed by atoms with Crippen LogP contribution >= 0.6 is 15.6 Å². The van der Waals surface area contributed by atoms with Crippen LogP contribution in [-0.4, -0.2) is 57.3 Å². The van der Waals surface area contributed by atoms with Gasteiger partial charge in [0.2, 0.25) is 0 Å². The summed E-state index contributed by atoms with van der Waals surface area (Å²) in [5.74, 6) is 0. The van der Waals surface area contributed by atoms with Crippen molar-refractivity contribution >= 4 is 53.4 Å². The first-order valence-electron chi connectivity index (χ1n) is 1.53. The van der Waals surface area contributed by atoms with Gasteiger partial charge >= 0.3 is 53.4 Å². The summed E-state index contributed by atoms with van der Waals surface area (Å²) in [5.41, 5.74) is 0. The molecule has 0 fully saturated rings. The molecule has 0 aromatic carbocycles. The summed E-state index contributed by atoms with van der Waals surface area (Å²) >= 11 is 0. The van der Waals surface area contributed by atoms with Crippen LogP contribution in [0.15, 0.2) is 0 Å². The average Bonchev–Trinajstić information content (AvgIpc) is 1.14. The summed E-state index contributed by atoms with van der Waals surface area (Å²) < 4.78 is 22.2. The van der Waals surface area contributed by atoms with Crippen LogP contribution in [0.5, 0.6) is 0 Å². The summed E-state index contributed by atoms with van der Waals surface area (Å²) in [6, 6.07) is 0. The van der Waals surface area contributed by atoms with Gasteiger partial charge in [-0.3, -0.25) is 0 Å². The zero-order valence-electron chi connectivity index (χ0n) is 5.32. The van der Waals surface area contributed by atoms with Crippen LogP contribution in [0.2, 0.25) is 0 Å². The minimum absolute atomic E-state index is 0. The van der Waals surface area contributed by atoms with E-state index in [0.29, 0.717) is 0 Å². The van der Waals surface area contributed by atoms with E-state index in [9.17, 15) is 9.13 Å². The second kappa shape index (κ2) is 7.81. The van der Waals surface area contributed by atoms with Gasteiger partial charge in [0.15, 0.2) is 0 Å². The maximum absolute atomic E-state index is 9.63. The summed E-state index contributed by atoms with van der Waals surface area (Å²) in [4.78, 5) is 31.0. The van der Waals surface area contributed by atoms with E-state index in [2.05, 4.69) is 4.31 Å². The van der Waals surface area contributed by atoms with Gasteiger partial charge in [-0.25, -0.2) is 9.13 Å². The molecule has 0 aromatic heterocycles. The van der Waals surface area contributed by atoms with Crippen molar-refractivity contribution in [2.45, 2.75) is 0 Å². The van der Waals surface area contributed by atoms with Crippen molar-refractivity contribution in [3.63, 3.8) is 0 Å². The minimum atomic E-state index is -5.05. The third-order valence-corrected chi connectivity index (χ3v) is 1.91. The first kappa shape index (κ1) is 23.3. The monoisotopic (exact) mass is 254 g/mol. The quantitative estimate of drug-likeness (QED) is 0.253. The van der Waals surface area contributed by atoms with E-state index in [1.807, 2.05) is 0 Å². The van der Waals surface area contributed by atoms with Crippen LogP contribution in [0.1, 0.15) is 0 Å². The first-order valence-corrected chi connectivity index (χ1v) is 4.59. The molecule has 0 saturated heterocycles. The number of hydrogen-bond donors (Lipinski definition) is 6. The summed E-state index contributed by atoms with van der Waals surface area (Å²) in [6.07, 6.45) is 0. The predicted octanol–water partition coefficient (Wildman–Crippen LogP) is -1.40. The Morgan fingerprint density at radius 2 is 1.00 bits per heavy atom. The molecule has 0 amide bonds. The molecule has 0 aliphatic rings. The molecule has 0 spiro atoms. The predicted molar refractivity (Wildman–Crippen MR) is 43.8 cm³/mol. The van der Waals surface area contributed by atoms with Gasteiger partial charge in [0, 0.05) is 0 Å². The van der Waals surface area contributed by atoms with Crippen molar-refractivity contribution in [1.82, 2.24) is 12.3 Å². The van der Waals surface area contributed by atoms with Gasteiger partial charge in [-0.15, -0.1) is 0 Å². The van der Waals surface area contributed by atoms with Gasteiger partial charge in [0.1, 0.15) is 0 Å². The van der Waals surface area contributed by atoms with E-state index in [0.717, 1.165) is 0 Å². The van der Waals surface area contributed by atoms with Gasteiger partial charge in [0.25, 0.3) is 0 Å². The Labute approximate surface area is 98.2 Å². The molecule has 0 aliphatic heterocycles. The summed E-state index contributed by atoms with van der Waals surface area (Å²) in [6.45, 7) is 0. The van der Waals surface area contributed by atoms with Crippen LogP contribution in [0.25, 0.3) is 0 Å². The average molecular weight is 254 g/mol. The molecule has 0 aromatic rings. The Balaban J connectivity index is -0.000000107. The number of rotatable bonds is 2. The molecule has 0 heterocycles. The molecule has 76 valence electrons. The standard InChI is InChI=1S/Ca.2H3N.H4O7P2.2H/c;;;1-8(2,3)7-9(4,5)6;;/h;2*1H3;(H2,1,2,3)(H2,4,5,6);;. The van der Waals surface area contributed by atoms with Crippen molar-refractivity contribution in [2.24, 2.45) is 0 Å². The molecule has 10 N–H and O–H groups in total. The molecular formula is H12CaN2O7P2. The van der Waals surface area contributed by atoms with Crippen molar-refractivity contribution in [2.75, 3.05) is 0 Å². The fourth-order valence-corrected chi connectivity index (χ4v) is 1.25. The van der Waals surface area contributed by atoms with E-state index in [-0.39, 0.29) is 50.0 Å². The fourth-order valence-electron chi connectivity index (χ4n) is 0.139. The summed E-state index contributed by atoms with van der Waals surface area (Å²) in [7, 11) is -10.1. The summed E-state index contributed by atoms with van der Waals surface area (Å²) in [5, 5.41) is 0. The SMILES string of the molecule is N.N.O=P(O)(O)OP(=O)(O)O.[CaH2]. The zero-order valence-corrected chi connectivity index (χ0v) is 7.11. The number of hydrogen-bond acceptors (Lipinski definition) is 5. The van der Waals surface area contributed by atoms with Crippen molar-refractivity contribution in [3.8, 4) is 0 Å². The molecule has 9 nitrogen and oxygen atoms in total. The Kier molecular flexibility index (Phi) is 15.2. The molecular weight excluding hydrogens is 242 g/mol. The normalized spacial score (nSPS) is 10.3. The first-order chi connectivity index (χ1) is 3.71. The van der Waals surface area contributed by atoms with Crippen LogP contribution < -0.4 is 12.3 Å². The molecule has 12 heavy (non-hydrogen) atoms. The molecule has 12 heteroatoms. The van der Waals surface area contributed by atoms with Gasteiger partial charge in [-0.1, -0.05) is 0 Å². The Hall–Kier alpha value is 1.44. The molecule has 0 bridgehead atoms. The molecule has 0 radical (unpaired) electrons. The second-order valence-corrected chi connectivity index (χ2v) is 3.68. The van der Waals surface area contributed by atoms with Crippen LogP contribution in [0.3, 0.4) is 0 Å². The van der Waals surface area contributed by atoms with Gasteiger partial charge < -0.3 is 31.9 Å². The molecule has 0 rings (SSSR count). The van der Waals surface area contributed by atoms with Crippen molar-refractivity contribution in [3.05, 3.63) is 0 Å². The molecule has 0 unspecified atom stereocenters. The molecule has 0 aliphatic carbocycles. The van der Waals surface area contributed by atoms with E-state index in [4.69, 9.17) is 19.6 Å². The molecule has 0 saturated carbocycles. The van der Waals surface area contributed by atoms with Gasteiger partial charge in [-0.05, 0) is 0 Å². The Morgan fingerprint density at radius 3 is 1.00 bits per heavy atom. The fraction of sp³-hybridized carbons (Fsp3) is 0. The Morgan fingerprint density at radius 1 is 0.833 bits per heavy atom. The Bertz CT molecular complexity index is 160. The van der Waals surface area contributed by atoms with E-state index in [1.54, 1.807) is 0 Å². The number of phosphoric acid groups is 2. The van der Waals surface area contributed by atoms with Gasteiger partial charge in [-0.2, -0.15) is 4.31 Å². The maximum atomic E-state index is 9.63. The van der Waals surface area contributed by atoms with Crippen LogP contribution in [0, 0.1) is 0 Å². The van der Waals surface area contributed by atoms with E-state index >= 15 is 0 Å². The van der Waals surface area contributed by atoms with Crippen LogP contribution in [-0.2, 0) is 13.4 Å². The van der Waals surface area contributed by atoms with Crippen molar-refractivity contribution in [1.29, 1.82) is 0 Å². The second-order valence-electron chi connectivity index (χ2n) is 1.06. The van der Waals surface area contributed by atoms with Crippen molar-refractivity contribution < 1.29 is 33.0 Å². The molecule has 0 atom stereocenters. The van der Waals surface area contributed by atoms with Crippen LogP contribution in [0.4, 0.5) is 0 Å². The zero-order chi connectivity index (χ0) is 7.71.